The zero-order chi connectivity index (χ0) is 25.5. The maximum Gasteiger partial charge on any atom is 0.274 e. The number of pyridine rings is 2. The molecule has 4 aromatic rings. The minimum atomic E-state index is -1.20. The summed E-state index contributed by atoms with van der Waals surface area (Å²) in [4.78, 5) is 33.2. The molecule has 4 rings (SSSR count). The maximum absolute atomic E-state index is 12.9. The Morgan fingerprint density at radius 1 is 1.20 bits per heavy atom. The fraction of sp³-hybridized carbons (Fsp3) is 0.296. The highest BCUT2D eigenvalue weighted by atomic mass is 16.5. The number of fused-ring (bicyclic) bond motifs is 1. The second-order valence-corrected chi connectivity index (χ2v) is 9.22. The van der Waals surface area contributed by atoms with Gasteiger partial charge in [0.2, 0.25) is 0 Å². The number of carbonyl (C=O) groups is 1. The zero-order valence-corrected chi connectivity index (χ0v) is 20.8. The molecular weight excluding hydrogens is 444 g/mol. The van der Waals surface area contributed by atoms with E-state index in [4.69, 9.17) is 9.72 Å². The van der Waals surface area contributed by atoms with Gasteiger partial charge in [-0.2, -0.15) is 0 Å². The molecule has 1 amide bonds. The number of aliphatic hydroxyl groups is 1. The molecule has 35 heavy (non-hydrogen) atoms. The van der Waals surface area contributed by atoms with Crippen molar-refractivity contribution in [1.29, 1.82) is 0 Å². The van der Waals surface area contributed by atoms with Crippen molar-refractivity contribution in [3.05, 3.63) is 75.5 Å². The molecule has 0 aliphatic heterocycles. The van der Waals surface area contributed by atoms with E-state index in [-0.39, 0.29) is 17.2 Å². The number of nitrogens with one attached hydrogen (secondary N) is 2. The first-order valence-corrected chi connectivity index (χ1v) is 11.5. The molecule has 1 aromatic carbocycles. The number of rotatable bonds is 6. The average Bonchev–Trinajstić information content (AvgIpc) is 3.24. The summed E-state index contributed by atoms with van der Waals surface area (Å²) in [6, 6.07) is 11.1. The Morgan fingerprint density at radius 3 is 2.51 bits per heavy atom. The standard InChI is InChI=1S/C27H30N4O4/c1-7-28-25(32)19-13-17-18(14-31(6)26(33)23(17)29-19)22-20(11-12-21(30-22)27(4,5)34)35-24-15(2)9-8-10-16(24)3/h8-14,29,34H,7H2,1-6H3,(H,28,32). The summed E-state index contributed by atoms with van der Waals surface area (Å²) in [5, 5.41) is 14.0. The second-order valence-electron chi connectivity index (χ2n) is 9.22. The molecule has 0 unspecified atom stereocenters. The van der Waals surface area contributed by atoms with Crippen LogP contribution in [0, 0.1) is 13.8 Å². The molecule has 0 radical (unpaired) electrons. The van der Waals surface area contributed by atoms with E-state index in [0.717, 1.165) is 11.1 Å². The Kier molecular flexibility index (Phi) is 6.25. The third-order valence-electron chi connectivity index (χ3n) is 5.91. The lowest BCUT2D eigenvalue weighted by molar-refractivity contribution is 0.0739. The highest BCUT2D eigenvalue weighted by Crippen LogP contribution is 2.38. The minimum absolute atomic E-state index is 0.268. The average molecular weight is 475 g/mol. The fourth-order valence-electron chi connectivity index (χ4n) is 4.03. The number of aromatic nitrogens is 3. The fourth-order valence-corrected chi connectivity index (χ4v) is 4.03. The molecule has 182 valence electrons. The molecule has 8 nitrogen and oxygen atoms in total. The number of nitrogens with zero attached hydrogens (tertiary/aromatic N) is 2. The van der Waals surface area contributed by atoms with Gasteiger partial charge in [0.1, 0.15) is 28.3 Å². The van der Waals surface area contributed by atoms with E-state index in [2.05, 4.69) is 10.3 Å². The number of benzene rings is 1. The van der Waals surface area contributed by atoms with Crippen LogP contribution in [0.15, 0.2) is 47.4 Å². The number of hydrogen-bond acceptors (Lipinski definition) is 5. The van der Waals surface area contributed by atoms with Gasteiger partial charge in [0, 0.05) is 30.7 Å². The van der Waals surface area contributed by atoms with Crippen LogP contribution in [0.3, 0.4) is 0 Å². The first kappa shape index (κ1) is 24.2. The van der Waals surface area contributed by atoms with Crippen molar-refractivity contribution in [1.82, 2.24) is 19.9 Å². The van der Waals surface area contributed by atoms with Crippen LogP contribution in [0.2, 0.25) is 0 Å². The number of H-pyrrole nitrogens is 1. The van der Waals surface area contributed by atoms with E-state index < -0.39 is 5.60 Å². The zero-order valence-electron chi connectivity index (χ0n) is 20.8. The highest BCUT2D eigenvalue weighted by Gasteiger charge is 2.24. The molecule has 0 aliphatic carbocycles. The van der Waals surface area contributed by atoms with Crippen molar-refractivity contribution in [2.75, 3.05) is 6.54 Å². The number of aryl methyl sites for hydroxylation is 3. The van der Waals surface area contributed by atoms with Crippen LogP contribution in [-0.4, -0.2) is 32.1 Å². The monoisotopic (exact) mass is 474 g/mol. The van der Waals surface area contributed by atoms with Gasteiger partial charge in [0.25, 0.3) is 11.5 Å². The lowest BCUT2D eigenvalue weighted by Crippen LogP contribution is -2.23. The third kappa shape index (κ3) is 4.57. The number of amides is 1. The Balaban J connectivity index is 2.00. The largest absolute Gasteiger partial charge is 0.455 e. The normalized spacial score (nSPS) is 11.6. The first-order chi connectivity index (χ1) is 16.5. The van der Waals surface area contributed by atoms with Crippen molar-refractivity contribution in [2.24, 2.45) is 7.05 Å². The molecule has 3 heterocycles. The van der Waals surface area contributed by atoms with Gasteiger partial charge < -0.3 is 24.7 Å². The quantitative estimate of drug-likeness (QED) is 0.386. The smallest absolute Gasteiger partial charge is 0.274 e. The van der Waals surface area contributed by atoms with Gasteiger partial charge in [-0.3, -0.25) is 9.59 Å². The van der Waals surface area contributed by atoms with Crippen molar-refractivity contribution in [3.63, 3.8) is 0 Å². The number of para-hydroxylation sites is 1. The van der Waals surface area contributed by atoms with E-state index >= 15 is 0 Å². The van der Waals surface area contributed by atoms with Gasteiger partial charge in [-0.15, -0.1) is 0 Å². The lowest BCUT2D eigenvalue weighted by atomic mass is 10.0. The molecule has 8 heteroatoms. The van der Waals surface area contributed by atoms with Crippen LogP contribution in [0.1, 0.15) is 48.1 Å². The summed E-state index contributed by atoms with van der Waals surface area (Å²) in [7, 11) is 1.64. The maximum atomic E-state index is 12.9. The van der Waals surface area contributed by atoms with Crippen LogP contribution in [0.25, 0.3) is 22.2 Å². The number of ether oxygens (including phenoxy) is 1. The van der Waals surface area contributed by atoms with Crippen molar-refractivity contribution >= 4 is 16.8 Å². The molecule has 0 aliphatic rings. The summed E-state index contributed by atoms with van der Waals surface area (Å²) in [5.41, 5.74) is 2.54. The van der Waals surface area contributed by atoms with E-state index in [1.54, 1.807) is 45.3 Å². The summed E-state index contributed by atoms with van der Waals surface area (Å²) in [6.45, 7) is 9.54. The summed E-state index contributed by atoms with van der Waals surface area (Å²) in [6.07, 6.45) is 1.67. The van der Waals surface area contributed by atoms with Crippen LogP contribution >= 0.6 is 0 Å². The molecule has 0 spiro atoms. The van der Waals surface area contributed by atoms with Crippen LogP contribution < -0.4 is 15.6 Å². The Labute approximate surface area is 203 Å². The van der Waals surface area contributed by atoms with E-state index in [1.807, 2.05) is 39.0 Å². The lowest BCUT2D eigenvalue weighted by Gasteiger charge is -2.20. The molecule has 3 N–H and O–H groups in total. The van der Waals surface area contributed by atoms with Gasteiger partial charge in [-0.05, 0) is 63.9 Å². The number of hydrogen-bond donors (Lipinski definition) is 3. The summed E-state index contributed by atoms with van der Waals surface area (Å²) >= 11 is 0. The molecule has 0 saturated carbocycles. The molecule has 3 aromatic heterocycles. The van der Waals surface area contributed by atoms with E-state index in [9.17, 15) is 14.7 Å². The molecule has 0 saturated heterocycles. The van der Waals surface area contributed by atoms with Crippen LogP contribution in [-0.2, 0) is 12.6 Å². The first-order valence-electron chi connectivity index (χ1n) is 11.5. The topological polar surface area (TPSA) is 109 Å². The third-order valence-corrected chi connectivity index (χ3v) is 5.91. The Bertz CT molecular complexity index is 1470. The second kappa shape index (κ2) is 9.03. The van der Waals surface area contributed by atoms with Gasteiger partial charge in [0.15, 0.2) is 5.75 Å². The van der Waals surface area contributed by atoms with Crippen molar-refractivity contribution < 1.29 is 14.6 Å². The molecule has 0 fully saturated rings. The van der Waals surface area contributed by atoms with Gasteiger partial charge in [0.05, 0.1) is 5.69 Å². The van der Waals surface area contributed by atoms with Crippen molar-refractivity contribution in [2.45, 2.75) is 40.2 Å². The summed E-state index contributed by atoms with van der Waals surface area (Å²) in [5.74, 6) is 0.878. The number of carbonyl (C=O) groups excluding carboxylic acids is 1. The predicted octanol–water partition coefficient (Wildman–Crippen LogP) is 4.31. The SMILES string of the molecule is CCNC(=O)c1cc2c(-c3nc(C(C)(C)O)ccc3Oc3c(C)cccc3C)cn(C)c(=O)c2[nH]1. The number of aromatic amines is 1. The molecular formula is C27H30N4O4. The van der Waals surface area contributed by atoms with Gasteiger partial charge in [-0.1, -0.05) is 18.2 Å². The Morgan fingerprint density at radius 2 is 1.89 bits per heavy atom. The minimum Gasteiger partial charge on any atom is -0.455 e. The van der Waals surface area contributed by atoms with Gasteiger partial charge in [-0.25, -0.2) is 4.98 Å². The molecule has 0 bridgehead atoms. The molecule has 0 atom stereocenters. The van der Waals surface area contributed by atoms with Gasteiger partial charge >= 0.3 is 0 Å². The Hall–Kier alpha value is -3.91. The van der Waals surface area contributed by atoms with E-state index in [0.29, 0.717) is 45.9 Å². The predicted molar refractivity (Wildman–Crippen MR) is 136 cm³/mol. The highest BCUT2D eigenvalue weighted by molar-refractivity contribution is 6.02. The van der Waals surface area contributed by atoms with E-state index in [1.165, 1.54) is 4.57 Å². The summed E-state index contributed by atoms with van der Waals surface area (Å²) < 4.78 is 7.83. The van der Waals surface area contributed by atoms with Crippen molar-refractivity contribution in [3.8, 4) is 22.8 Å². The van der Waals surface area contributed by atoms with Crippen LogP contribution in [0.5, 0.6) is 11.5 Å². The van der Waals surface area contributed by atoms with Crippen LogP contribution in [0.4, 0.5) is 0 Å².